The second-order valence-corrected chi connectivity index (χ2v) is 8.73. The summed E-state index contributed by atoms with van der Waals surface area (Å²) in [6.45, 7) is 6.72. The van der Waals surface area contributed by atoms with Crippen LogP contribution in [0, 0.1) is 5.92 Å². The molecule has 9 nitrogen and oxygen atoms in total. The largest absolute Gasteiger partial charge is 0.379 e. The van der Waals surface area contributed by atoms with E-state index in [9.17, 15) is 9.59 Å². The lowest BCUT2D eigenvalue weighted by molar-refractivity contribution is -0.134. The minimum absolute atomic E-state index is 0.0336. The highest BCUT2D eigenvalue weighted by Gasteiger charge is 2.32. The first-order valence-corrected chi connectivity index (χ1v) is 11.4. The Balaban J connectivity index is 1.49. The molecule has 0 radical (unpaired) electrons. The number of nitrogens with one attached hydrogen (secondary N) is 2. The van der Waals surface area contributed by atoms with Gasteiger partial charge in [-0.2, -0.15) is 0 Å². The lowest BCUT2D eigenvalue weighted by atomic mass is 10.1. The normalized spacial score (nSPS) is 23.6. The fraction of sp³-hybridized carbons (Fsp3) is 0.857. The zero-order valence-corrected chi connectivity index (χ0v) is 18.6. The van der Waals surface area contributed by atoms with Crippen LogP contribution in [-0.2, 0) is 14.3 Å². The zero-order chi connectivity index (χ0) is 21.3. The number of hydrogen-bond acceptors (Lipinski definition) is 5. The van der Waals surface area contributed by atoms with Crippen LogP contribution in [0.5, 0.6) is 0 Å². The molecule has 3 fully saturated rings. The molecule has 1 unspecified atom stereocenters. The summed E-state index contributed by atoms with van der Waals surface area (Å²) in [7, 11) is 3.47. The maximum Gasteiger partial charge on any atom is 0.243 e. The lowest BCUT2D eigenvalue weighted by Gasteiger charge is -2.27. The van der Waals surface area contributed by atoms with Gasteiger partial charge in [0.05, 0.1) is 13.2 Å². The lowest BCUT2D eigenvalue weighted by Crippen LogP contribution is -2.48. The summed E-state index contributed by atoms with van der Waals surface area (Å²) in [6, 6.07) is 0.166. The summed E-state index contributed by atoms with van der Waals surface area (Å²) in [4.78, 5) is 35.1. The molecule has 2 N–H and O–H groups in total. The van der Waals surface area contributed by atoms with Crippen molar-refractivity contribution in [3.8, 4) is 0 Å². The quantitative estimate of drug-likeness (QED) is 0.434. The Morgan fingerprint density at radius 1 is 1.10 bits per heavy atom. The summed E-state index contributed by atoms with van der Waals surface area (Å²) in [5.74, 6) is 1.16. The fourth-order valence-electron chi connectivity index (χ4n) is 4.30. The van der Waals surface area contributed by atoms with Crippen LogP contribution < -0.4 is 10.6 Å². The van der Waals surface area contributed by atoms with Crippen LogP contribution in [0.15, 0.2) is 4.99 Å². The van der Waals surface area contributed by atoms with Gasteiger partial charge in [0.1, 0.15) is 6.54 Å². The van der Waals surface area contributed by atoms with Gasteiger partial charge >= 0.3 is 0 Å². The third-order valence-corrected chi connectivity index (χ3v) is 6.24. The molecular weight excluding hydrogens is 384 g/mol. The summed E-state index contributed by atoms with van der Waals surface area (Å²) in [5.41, 5.74) is 0. The molecule has 0 aromatic carbocycles. The number of carbonyl (C=O) groups excluding carboxylic acids is 2. The summed E-state index contributed by atoms with van der Waals surface area (Å²) >= 11 is 0. The number of hydrogen-bond donors (Lipinski definition) is 2. The van der Waals surface area contributed by atoms with Crippen molar-refractivity contribution in [3.63, 3.8) is 0 Å². The van der Waals surface area contributed by atoms with Crippen molar-refractivity contribution >= 4 is 17.8 Å². The van der Waals surface area contributed by atoms with Crippen molar-refractivity contribution < 1.29 is 14.3 Å². The van der Waals surface area contributed by atoms with E-state index in [4.69, 9.17) is 4.74 Å². The van der Waals surface area contributed by atoms with Crippen LogP contribution in [0.4, 0.5) is 0 Å². The molecule has 1 saturated carbocycles. The Bertz CT molecular complexity index is 600. The minimum Gasteiger partial charge on any atom is -0.379 e. The first kappa shape index (κ1) is 22.8. The van der Waals surface area contributed by atoms with Crippen LogP contribution in [0.25, 0.3) is 0 Å². The highest BCUT2D eigenvalue weighted by atomic mass is 16.5. The Hall–Kier alpha value is -1.87. The molecule has 2 amide bonds. The van der Waals surface area contributed by atoms with E-state index in [1.54, 1.807) is 19.0 Å². The molecule has 0 aromatic heterocycles. The highest BCUT2D eigenvalue weighted by Crippen LogP contribution is 2.27. The average molecular weight is 423 g/mol. The number of morpholine rings is 1. The van der Waals surface area contributed by atoms with E-state index in [-0.39, 0.29) is 24.4 Å². The van der Waals surface area contributed by atoms with Crippen LogP contribution in [-0.4, -0.2) is 112 Å². The van der Waals surface area contributed by atoms with Gasteiger partial charge in [-0.15, -0.1) is 0 Å². The number of rotatable bonds is 7. The Kier molecular flexibility index (Phi) is 8.74. The van der Waals surface area contributed by atoms with Gasteiger partial charge in [-0.3, -0.25) is 14.5 Å². The molecular formula is C21H38N6O3. The highest BCUT2D eigenvalue weighted by molar-refractivity contribution is 5.85. The van der Waals surface area contributed by atoms with Crippen molar-refractivity contribution in [2.45, 2.75) is 38.1 Å². The molecule has 9 heteroatoms. The smallest absolute Gasteiger partial charge is 0.243 e. The third-order valence-electron chi connectivity index (χ3n) is 6.24. The van der Waals surface area contributed by atoms with E-state index in [1.807, 2.05) is 4.90 Å². The first-order chi connectivity index (χ1) is 14.5. The fourth-order valence-corrected chi connectivity index (χ4v) is 4.30. The Morgan fingerprint density at radius 2 is 1.83 bits per heavy atom. The van der Waals surface area contributed by atoms with E-state index in [0.29, 0.717) is 18.4 Å². The predicted molar refractivity (Wildman–Crippen MR) is 116 cm³/mol. The van der Waals surface area contributed by atoms with Crippen molar-refractivity contribution in [2.24, 2.45) is 10.9 Å². The van der Waals surface area contributed by atoms with Gasteiger partial charge in [0, 0.05) is 65.3 Å². The molecule has 1 atom stereocenters. The SMILES string of the molecule is CN(C)C(=O)CN=C(NCCN1CCOCC1)NC1CCN(C(=O)C2CCCC2)C1. The summed E-state index contributed by atoms with van der Waals surface area (Å²) < 4.78 is 5.40. The van der Waals surface area contributed by atoms with Gasteiger partial charge in [-0.25, -0.2) is 4.99 Å². The average Bonchev–Trinajstić information content (AvgIpc) is 3.44. The Labute approximate surface area is 180 Å². The number of guanidine groups is 1. The number of carbonyl (C=O) groups is 2. The van der Waals surface area contributed by atoms with Crippen molar-refractivity contribution in [1.82, 2.24) is 25.3 Å². The molecule has 0 spiro atoms. The second-order valence-electron chi connectivity index (χ2n) is 8.73. The number of nitrogens with zero attached hydrogens (tertiary/aromatic N) is 4. The Morgan fingerprint density at radius 3 is 2.53 bits per heavy atom. The number of aliphatic imine (C=N–C) groups is 1. The minimum atomic E-state index is -0.0336. The van der Waals surface area contributed by atoms with Gasteiger partial charge in [0.2, 0.25) is 11.8 Å². The predicted octanol–water partition coefficient (Wildman–Crippen LogP) is -0.267. The van der Waals surface area contributed by atoms with E-state index in [2.05, 4.69) is 20.5 Å². The van der Waals surface area contributed by atoms with Crippen LogP contribution in [0.2, 0.25) is 0 Å². The molecule has 2 saturated heterocycles. The molecule has 1 aliphatic carbocycles. The molecule has 2 aliphatic heterocycles. The van der Waals surface area contributed by atoms with Crippen molar-refractivity contribution in [1.29, 1.82) is 0 Å². The molecule has 2 heterocycles. The van der Waals surface area contributed by atoms with Gasteiger partial charge in [0.25, 0.3) is 0 Å². The standard InChI is InChI=1S/C21H38N6O3/c1-25(2)19(28)15-23-21(22-8-10-26-11-13-30-14-12-26)24-18-7-9-27(16-18)20(29)17-5-3-4-6-17/h17-18H,3-16H2,1-2H3,(H2,22,23,24). The van der Waals surface area contributed by atoms with Gasteiger partial charge in [0.15, 0.2) is 5.96 Å². The molecule has 3 rings (SSSR count). The van der Waals surface area contributed by atoms with Crippen molar-refractivity contribution in [2.75, 3.05) is 73.1 Å². The molecule has 30 heavy (non-hydrogen) atoms. The second kappa shape index (κ2) is 11.5. The van der Waals surface area contributed by atoms with Crippen molar-refractivity contribution in [3.05, 3.63) is 0 Å². The first-order valence-electron chi connectivity index (χ1n) is 11.4. The number of likely N-dealkylation sites (tertiary alicyclic amines) is 1. The molecule has 3 aliphatic rings. The van der Waals surface area contributed by atoms with E-state index in [0.717, 1.165) is 65.2 Å². The molecule has 0 bridgehead atoms. The van der Waals surface area contributed by atoms with Gasteiger partial charge in [-0.1, -0.05) is 12.8 Å². The molecule has 170 valence electrons. The van der Waals surface area contributed by atoms with Gasteiger partial charge < -0.3 is 25.2 Å². The topological polar surface area (TPSA) is 89.5 Å². The third kappa shape index (κ3) is 6.84. The van der Waals surface area contributed by atoms with Crippen LogP contribution in [0.3, 0.4) is 0 Å². The maximum absolute atomic E-state index is 12.7. The summed E-state index contributed by atoms with van der Waals surface area (Å²) in [6.07, 6.45) is 5.33. The molecule has 0 aromatic rings. The van der Waals surface area contributed by atoms with E-state index >= 15 is 0 Å². The number of ether oxygens (including phenoxy) is 1. The summed E-state index contributed by atoms with van der Waals surface area (Å²) in [5, 5.41) is 6.82. The number of likely N-dealkylation sites (N-methyl/N-ethyl adjacent to an activating group) is 1. The number of amides is 2. The van der Waals surface area contributed by atoms with Crippen LogP contribution >= 0.6 is 0 Å². The maximum atomic E-state index is 12.7. The monoisotopic (exact) mass is 422 g/mol. The zero-order valence-electron chi connectivity index (χ0n) is 18.6. The van der Waals surface area contributed by atoms with E-state index < -0.39 is 0 Å². The van der Waals surface area contributed by atoms with Gasteiger partial charge in [-0.05, 0) is 19.3 Å². The van der Waals surface area contributed by atoms with E-state index in [1.165, 1.54) is 12.8 Å². The van der Waals surface area contributed by atoms with Crippen LogP contribution in [0.1, 0.15) is 32.1 Å².